The van der Waals surface area contributed by atoms with Crippen LogP contribution < -0.4 is 10.1 Å². The zero-order valence-electron chi connectivity index (χ0n) is 11.1. The van der Waals surface area contributed by atoms with E-state index in [9.17, 15) is 4.79 Å². The summed E-state index contributed by atoms with van der Waals surface area (Å²) in [6.07, 6.45) is 0. The van der Waals surface area contributed by atoms with Crippen LogP contribution in [0.1, 0.15) is 12.5 Å². The molecule has 0 radical (unpaired) electrons. The average Bonchev–Trinajstić information content (AvgIpc) is 2.42. The van der Waals surface area contributed by atoms with Gasteiger partial charge in [-0.1, -0.05) is 6.07 Å². The summed E-state index contributed by atoms with van der Waals surface area (Å²) < 4.78 is 5.99. The number of likely N-dealkylation sites (N-methyl/N-ethyl adjacent to an activating group) is 1. The van der Waals surface area contributed by atoms with Gasteiger partial charge in [-0.2, -0.15) is 0 Å². The summed E-state index contributed by atoms with van der Waals surface area (Å²) in [6, 6.07) is 5.47. The number of urea groups is 1. The summed E-state index contributed by atoms with van der Waals surface area (Å²) in [5.74, 6) is 0.755. The molecule has 0 bridgehead atoms. The molecule has 1 rings (SSSR count). The van der Waals surface area contributed by atoms with Crippen LogP contribution in [0.15, 0.2) is 22.7 Å². The van der Waals surface area contributed by atoms with E-state index >= 15 is 0 Å². The zero-order chi connectivity index (χ0) is 14.3. The third-order valence-corrected chi connectivity index (χ3v) is 3.32. The predicted octanol–water partition coefficient (Wildman–Crippen LogP) is 1.98. The first-order chi connectivity index (χ1) is 9.12. The van der Waals surface area contributed by atoms with Crippen LogP contribution in [-0.2, 0) is 6.54 Å². The Morgan fingerprint density at radius 3 is 2.79 bits per heavy atom. The molecule has 0 saturated heterocycles. The van der Waals surface area contributed by atoms with Gasteiger partial charge in [0.05, 0.1) is 18.2 Å². The number of amides is 2. The van der Waals surface area contributed by atoms with Crippen LogP contribution in [0, 0.1) is 0 Å². The zero-order valence-corrected chi connectivity index (χ0v) is 12.7. The standard InChI is InChI=1S/C13H19BrN2O3/c1-3-16(6-7-17)13(18)15-9-10-4-5-12(19-2)11(14)8-10/h4-5,8,17H,3,6-7,9H2,1-2H3,(H,15,18). The number of carbonyl (C=O) groups excluding carboxylic acids is 1. The lowest BCUT2D eigenvalue weighted by Gasteiger charge is -2.20. The Morgan fingerprint density at radius 1 is 1.53 bits per heavy atom. The second-order valence-corrected chi connectivity index (χ2v) is 4.79. The maximum Gasteiger partial charge on any atom is 0.317 e. The number of ether oxygens (including phenoxy) is 1. The minimum atomic E-state index is -0.177. The van der Waals surface area contributed by atoms with Crippen LogP contribution in [0.4, 0.5) is 4.79 Å². The van der Waals surface area contributed by atoms with Gasteiger partial charge in [-0.15, -0.1) is 0 Å². The van der Waals surface area contributed by atoms with Crippen molar-refractivity contribution < 1.29 is 14.6 Å². The van der Waals surface area contributed by atoms with E-state index in [-0.39, 0.29) is 12.6 Å². The number of aliphatic hydroxyl groups excluding tert-OH is 1. The van der Waals surface area contributed by atoms with Gasteiger partial charge in [0.25, 0.3) is 0 Å². The van der Waals surface area contributed by atoms with Crippen LogP contribution in [0.3, 0.4) is 0 Å². The first-order valence-corrected chi connectivity index (χ1v) is 6.87. The number of carbonyl (C=O) groups is 1. The van der Waals surface area contributed by atoms with Crippen molar-refractivity contribution in [3.8, 4) is 5.75 Å². The molecule has 0 aromatic heterocycles. The molecular weight excluding hydrogens is 312 g/mol. The van der Waals surface area contributed by atoms with Crippen molar-refractivity contribution >= 4 is 22.0 Å². The lowest BCUT2D eigenvalue weighted by Crippen LogP contribution is -2.41. The summed E-state index contributed by atoms with van der Waals surface area (Å²) in [6.45, 7) is 3.19. The topological polar surface area (TPSA) is 61.8 Å². The molecule has 0 unspecified atom stereocenters. The molecule has 1 aromatic carbocycles. The number of nitrogens with one attached hydrogen (secondary N) is 1. The molecule has 2 amide bonds. The van der Waals surface area contributed by atoms with Gasteiger partial charge in [-0.3, -0.25) is 0 Å². The Morgan fingerprint density at radius 2 is 2.26 bits per heavy atom. The second kappa shape index (κ2) is 8.01. The number of hydrogen-bond acceptors (Lipinski definition) is 3. The molecule has 0 atom stereocenters. The maximum atomic E-state index is 11.8. The second-order valence-electron chi connectivity index (χ2n) is 3.93. The molecule has 0 aliphatic rings. The molecular formula is C13H19BrN2O3. The third-order valence-electron chi connectivity index (χ3n) is 2.70. The maximum absolute atomic E-state index is 11.8. The van der Waals surface area contributed by atoms with E-state index in [1.807, 2.05) is 25.1 Å². The Bertz CT molecular complexity index is 426. The van der Waals surface area contributed by atoms with E-state index in [1.54, 1.807) is 12.0 Å². The van der Waals surface area contributed by atoms with Gasteiger partial charge in [-0.05, 0) is 40.5 Å². The Labute approximate surface area is 121 Å². The summed E-state index contributed by atoms with van der Waals surface area (Å²) in [4.78, 5) is 13.4. The van der Waals surface area contributed by atoms with Crippen LogP contribution in [0.25, 0.3) is 0 Å². The van der Waals surface area contributed by atoms with Crippen LogP contribution in [0.2, 0.25) is 0 Å². The van der Waals surface area contributed by atoms with Crippen LogP contribution >= 0.6 is 15.9 Å². The fraction of sp³-hybridized carbons (Fsp3) is 0.462. The molecule has 0 fully saturated rings. The number of methoxy groups -OCH3 is 1. The summed E-state index contributed by atoms with van der Waals surface area (Å²) in [5.41, 5.74) is 0.973. The fourth-order valence-electron chi connectivity index (χ4n) is 1.63. The SMILES string of the molecule is CCN(CCO)C(=O)NCc1ccc(OC)c(Br)c1. The van der Waals surface area contributed by atoms with Gasteiger partial charge < -0.3 is 20.1 Å². The van der Waals surface area contributed by atoms with Gasteiger partial charge in [0, 0.05) is 19.6 Å². The van der Waals surface area contributed by atoms with Crippen molar-refractivity contribution in [2.45, 2.75) is 13.5 Å². The third kappa shape index (κ3) is 4.72. The number of aliphatic hydroxyl groups is 1. The highest BCUT2D eigenvalue weighted by Crippen LogP contribution is 2.25. The molecule has 0 saturated carbocycles. The molecule has 106 valence electrons. The van der Waals surface area contributed by atoms with Crippen molar-refractivity contribution in [1.82, 2.24) is 10.2 Å². The number of nitrogens with zero attached hydrogens (tertiary/aromatic N) is 1. The van der Waals surface area contributed by atoms with Crippen molar-refractivity contribution in [3.63, 3.8) is 0 Å². The van der Waals surface area contributed by atoms with Crippen molar-refractivity contribution in [2.75, 3.05) is 26.8 Å². The average molecular weight is 331 g/mol. The van der Waals surface area contributed by atoms with E-state index < -0.39 is 0 Å². The van der Waals surface area contributed by atoms with E-state index in [2.05, 4.69) is 21.2 Å². The van der Waals surface area contributed by atoms with E-state index in [0.29, 0.717) is 19.6 Å². The largest absolute Gasteiger partial charge is 0.496 e. The quantitative estimate of drug-likeness (QED) is 0.838. The van der Waals surface area contributed by atoms with Gasteiger partial charge in [0.15, 0.2) is 0 Å². The fourth-order valence-corrected chi connectivity index (χ4v) is 2.22. The van der Waals surface area contributed by atoms with E-state index in [1.165, 1.54) is 0 Å². The predicted molar refractivity (Wildman–Crippen MR) is 77.3 cm³/mol. The van der Waals surface area contributed by atoms with Crippen molar-refractivity contribution in [1.29, 1.82) is 0 Å². The number of benzene rings is 1. The number of hydrogen-bond donors (Lipinski definition) is 2. The summed E-state index contributed by atoms with van der Waals surface area (Å²) in [5, 5.41) is 11.7. The lowest BCUT2D eigenvalue weighted by atomic mass is 10.2. The Hall–Kier alpha value is -1.27. The van der Waals surface area contributed by atoms with Crippen molar-refractivity contribution in [3.05, 3.63) is 28.2 Å². The van der Waals surface area contributed by atoms with Crippen LogP contribution in [0.5, 0.6) is 5.75 Å². The monoisotopic (exact) mass is 330 g/mol. The molecule has 0 aliphatic carbocycles. The number of rotatable bonds is 6. The van der Waals surface area contributed by atoms with Crippen molar-refractivity contribution in [2.24, 2.45) is 0 Å². The Kier molecular flexibility index (Phi) is 6.66. The first-order valence-electron chi connectivity index (χ1n) is 6.08. The molecule has 2 N–H and O–H groups in total. The lowest BCUT2D eigenvalue weighted by molar-refractivity contribution is 0.180. The number of halogens is 1. The normalized spacial score (nSPS) is 10.1. The molecule has 5 nitrogen and oxygen atoms in total. The minimum Gasteiger partial charge on any atom is -0.496 e. The summed E-state index contributed by atoms with van der Waals surface area (Å²) >= 11 is 3.40. The highest BCUT2D eigenvalue weighted by atomic mass is 79.9. The highest BCUT2D eigenvalue weighted by molar-refractivity contribution is 9.10. The molecule has 0 heterocycles. The molecule has 6 heteroatoms. The highest BCUT2D eigenvalue weighted by Gasteiger charge is 2.10. The van der Waals surface area contributed by atoms with Crippen LogP contribution in [-0.4, -0.2) is 42.8 Å². The molecule has 1 aromatic rings. The van der Waals surface area contributed by atoms with Gasteiger partial charge in [-0.25, -0.2) is 4.79 Å². The smallest absolute Gasteiger partial charge is 0.317 e. The van der Waals surface area contributed by atoms with Gasteiger partial charge in [0.2, 0.25) is 0 Å². The molecule has 0 aliphatic heterocycles. The molecule has 0 spiro atoms. The van der Waals surface area contributed by atoms with Gasteiger partial charge in [0.1, 0.15) is 5.75 Å². The first kappa shape index (κ1) is 15.8. The Balaban J connectivity index is 2.56. The van der Waals surface area contributed by atoms with E-state index in [4.69, 9.17) is 9.84 Å². The minimum absolute atomic E-state index is 0.0324. The van der Waals surface area contributed by atoms with E-state index in [0.717, 1.165) is 15.8 Å². The molecule has 19 heavy (non-hydrogen) atoms. The summed E-state index contributed by atoms with van der Waals surface area (Å²) in [7, 11) is 1.61. The van der Waals surface area contributed by atoms with Gasteiger partial charge >= 0.3 is 6.03 Å².